The second-order valence-electron chi connectivity index (χ2n) is 4.71. The van der Waals surface area contributed by atoms with Crippen molar-refractivity contribution in [1.82, 2.24) is 4.90 Å². The molecule has 1 nitrogen and oxygen atoms in total. The summed E-state index contributed by atoms with van der Waals surface area (Å²) < 4.78 is 50.5. The first-order valence-corrected chi connectivity index (χ1v) is 4.60. The van der Waals surface area contributed by atoms with Crippen molar-refractivity contribution in [3.8, 4) is 0 Å². The van der Waals surface area contributed by atoms with E-state index in [-0.39, 0.29) is 6.54 Å². The molecule has 0 saturated carbocycles. The molecule has 0 radical (unpaired) electrons. The van der Waals surface area contributed by atoms with Gasteiger partial charge in [0.25, 0.3) is 0 Å². The van der Waals surface area contributed by atoms with Gasteiger partial charge in [0, 0.05) is 18.5 Å². The zero-order valence-electron chi connectivity index (χ0n) is 8.53. The summed E-state index contributed by atoms with van der Waals surface area (Å²) in [6.07, 6.45) is -6.12. The van der Waals surface area contributed by atoms with Crippen LogP contribution in [0, 0.1) is 0 Å². The van der Waals surface area contributed by atoms with Crippen LogP contribution in [0.1, 0.15) is 27.2 Å². The Balaban J connectivity index is 2.84. The predicted octanol–water partition coefficient (Wildman–Crippen LogP) is 2.76. The number of halogens is 4. The molecule has 5 heteroatoms. The van der Waals surface area contributed by atoms with Crippen molar-refractivity contribution >= 4 is 0 Å². The molecule has 1 aliphatic rings. The molecular weight excluding hydrogens is 198 g/mol. The molecule has 0 aromatic heterocycles. The van der Waals surface area contributed by atoms with Gasteiger partial charge in [-0.25, -0.2) is 4.39 Å². The van der Waals surface area contributed by atoms with Gasteiger partial charge >= 0.3 is 6.18 Å². The average Bonchev–Trinajstić information content (AvgIpc) is 2.27. The lowest BCUT2D eigenvalue weighted by Gasteiger charge is -2.37. The van der Waals surface area contributed by atoms with Gasteiger partial charge in [0.05, 0.1) is 0 Å². The summed E-state index contributed by atoms with van der Waals surface area (Å²) in [5.74, 6) is 0. The lowest BCUT2D eigenvalue weighted by Crippen LogP contribution is -2.50. The van der Waals surface area contributed by atoms with Crippen LogP contribution in [-0.4, -0.2) is 35.4 Å². The minimum atomic E-state index is -4.33. The van der Waals surface area contributed by atoms with Gasteiger partial charge in [-0.3, -0.25) is 4.90 Å². The van der Waals surface area contributed by atoms with Gasteiger partial charge in [-0.1, -0.05) is 0 Å². The fourth-order valence-electron chi connectivity index (χ4n) is 1.84. The predicted molar refractivity (Wildman–Crippen MR) is 45.8 cm³/mol. The van der Waals surface area contributed by atoms with Crippen LogP contribution in [0.3, 0.4) is 0 Å². The number of nitrogens with zero attached hydrogens (tertiary/aromatic N) is 1. The molecule has 1 saturated heterocycles. The Morgan fingerprint density at radius 1 is 1.14 bits per heavy atom. The van der Waals surface area contributed by atoms with Crippen LogP contribution < -0.4 is 0 Å². The second kappa shape index (κ2) is 3.36. The highest BCUT2D eigenvalue weighted by molar-refractivity contribution is 4.95. The van der Waals surface area contributed by atoms with E-state index in [1.807, 2.05) is 0 Å². The van der Waals surface area contributed by atoms with E-state index in [1.54, 1.807) is 20.8 Å². The number of hydrogen-bond acceptors (Lipinski definition) is 1. The Bertz CT molecular complexity index is 184. The third kappa shape index (κ3) is 2.38. The van der Waals surface area contributed by atoms with Gasteiger partial charge in [0.1, 0.15) is 12.2 Å². The normalized spacial score (nSPS) is 31.1. The maximum atomic E-state index is 12.9. The zero-order chi connectivity index (χ0) is 11.1. The molecule has 0 aromatic rings. The smallest absolute Gasteiger partial charge is 0.284 e. The minimum absolute atomic E-state index is 0.117. The highest BCUT2D eigenvalue weighted by atomic mass is 19.4. The molecule has 14 heavy (non-hydrogen) atoms. The molecule has 0 aliphatic carbocycles. The monoisotopic (exact) mass is 213 g/mol. The molecule has 0 aromatic carbocycles. The van der Waals surface area contributed by atoms with Crippen molar-refractivity contribution in [2.45, 2.75) is 51.1 Å². The van der Waals surface area contributed by atoms with Crippen LogP contribution >= 0.6 is 0 Å². The summed E-state index contributed by atoms with van der Waals surface area (Å²) in [6.45, 7) is 4.89. The Morgan fingerprint density at radius 3 is 1.93 bits per heavy atom. The first kappa shape index (κ1) is 11.8. The molecule has 0 bridgehead atoms. The lowest BCUT2D eigenvalue weighted by molar-refractivity contribution is -0.186. The van der Waals surface area contributed by atoms with Gasteiger partial charge in [-0.15, -0.1) is 0 Å². The summed E-state index contributed by atoms with van der Waals surface area (Å²) in [4.78, 5) is 1.19. The van der Waals surface area contributed by atoms with E-state index >= 15 is 0 Å². The van der Waals surface area contributed by atoms with Crippen LogP contribution in [0.2, 0.25) is 0 Å². The van der Waals surface area contributed by atoms with Crippen molar-refractivity contribution in [2.24, 2.45) is 0 Å². The van der Waals surface area contributed by atoms with Gasteiger partial charge < -0.3 is 0 Å². The summed E-state index contributed by atoms with van der Waals surface area (Å²) in [6, 6.07) is -1.63. The molecule has 84 valence electrons. The van der Waals surface area contributed by atoms with E-state index in [9.17, 15) is 17.6 Å². The van der Waals surface area contributed by atoms with Crippen molar-refractivity contribution in [3.63, 3.8) is 0 Å². The molecule has 0 N–H and O–H groups in total. The third-order valence-corrected chi connectivity index (χ3v) is 2.49. The van der Waals surface area contributed by atoms with E-state index in [0.717, 1.165) is 0 Å². The summed E-state index contributed by atoms with van der Waals surface area (Å²) >= 11 is 0. The van der Waals surface area contributed by atoms with Gasteiger partial charge in [-0.2, -0.15) is 13.2 Å². The van der Waals surface area contributed by atoms with Crippen LogP contribution in [0.5, 0.6) is 0 Å². The van der Waals surface area contributed by atoms with Crippen molar-refractivity contribution in [1.29, 1.82) is 0 Å². The number of rotatable bonds is 0. The number of likely N-dealkylation sites (tertiary alicyclic amines) is 1. The summed E-state index contributed by atoms with van der Waals surface area (Å²) in [7, 11) is 0. The van der Waals surface area contributed by atoms with E-state index in [4.69, 9.17) is 0 Å². The van der Waals surface area contributed by atoms with Gasteiger partial charge in [-0.05, 0) is 20.8 Å². The van der Waals surface area contributed by atoms with E-state index in [2.05, 4.69) is 0 Å². The van der Waals surface area contributed by atoms with Crippen LogP contribution in [0.15, 0.2) is 0 Å². The molecule has 1 heterocycles. The van der Waals surface area contributed by atoms with E-state index in [1.165, 1.54) is 4.90 Å². The minimum Gasteiger partial charge on any atom is -0.284 e. The maximum Gasteiger partial charge on any atom is 0.404 e. The summed E-state index contributed by atoms with van der Waals surface area (Å²) in [5, 5.41) is 0. The highest BCUT2D eigenvalue weighted by Crippen LogP contribution is 2.37. The highest BCUT2D eigenvalue weighted by Gasteiger charge is 2.52. The largest absolute Gasteiger partial charge is 0.404 e. The molecule has 1 rings (SSSR count). The van der Waals surface area contributed by atoms with E-state index in [0.29, 0.717) is 0 Å². The lowest BCUT2D eigenvalue weighted by atomic mass is 10.0. The van der Waals surface area contributed by atoms with Crippen LogP contribution in [-0.2, 0) is 0 Å². The van der Waals surface area contributed by atoms with Crippen molar-refractivity contribution in [3.05, 3.63) is 0 Å². The Morgan fingerprint density at radius 2 is 1.64 bits per heavy atom. The number of hydrogen-bond donors (Lipinski definition) is 0. The quantitative estimate of drug-likeness (QED) is 0.559. The zero-order valence-corrected chi connectivity index (χ0v) is 8.53. The van der Waals surface area contributed by atoms with Crippen LogP contribution in [0.4, 0.5) is 17.6 Å². The Kier molecular flexibility index (Phi) is 2.82. The maximum absolute atomic E-state index is 12.9. The van der Waals surface area contributed by atoms with Crippen molar-refractivity contribution < 1.29 is 17.6 Å². The van der Waals surface area contributed by atoms with Gasteiger partial charge in [0.15, 0.2) is 0 Å². The standard InChI is InChI=1S/C9H15F4N/c1-8(2,3)14-5-6(10)4-7(14)9(11,12)13/h6-7H,4-5H2,1-3H3/t6?,7-/m0/s1. The van der Waals surface area contributed by atoms with Gasteiger partial charge in [0.2, 0.25) is 0 Å². The first-order chi connectivity index (χ1) is 6.12. The molecule has 0 amide bonds. The number of alkyl halides is 4. The van der Waals surface area contributed by atoms with Crippen LogP contribution in [0.25, 0.3) is 0 Å². The molecule has 0 spiro atoms. The Hall–Kier alpha value is -0.320. The average molecular weight is 213 g/mol. The topological polar surface area (TPSA) is 3.24 Å². The molecule has 1 unspecified atom stereocenters. The van der Waals surface area contributed by atoms with E-state index < -0.39 is 30.3 Å². The summed E-state index contributed by atoms with van der Waals surface area (Å²) in [5.41, 5.74) is -0.638. The Labute approximate surface area is 81.1 Å². The molecule has 2 atom stereocenters. The first-order valence-electron chi connectivity index (χ1n) is 4.60. The SMILES string of the molecule is CC(C)(C)N1CC(F)C[C@H]1C(F)(F)F. The van der Waals surface area contributed by atoms with Crippen molar-refractivity contribution in [2.75, 3.05) is 6.54 Å². The molecule has 1 aliphatic heterocycles. The third-order valence-electron chi connectivity index (χ3n) is 2.49. The fraction of sp³-hybridized carbons (Fsp3) is 1.00. The second-order valence-corrected chi connectivity index (χ2v) is 4.71. The molecule has 1 fully saturated rings. The fourth-order valence-corrected chi connectivity index (χ4v) is 1.84. The molecular formula is C9H15F4N.